The largest absolute Gasteiger partial charge is 0.391 e. The van der Waals surface area contributed by atoms with Gasteiger partial charge in [-0.25, -0.2) is 13.6 Å². The van der Waals surface area contributed by atoms with Crippen LogP contribution in [0.1, 0.15) is 25.3 Å². The molecule has 0 saturated carbocycles. The van der Waals surface area contributed by atoms with Gasteiger partial charge in [-0.2, -0.15) is 0 Å². The molecule has 0 heterocycles. The quantitative estimate of drug-likeness (QED) is 0.741. The first kappa shape index (κ1) is 15.4. The average Bonchev–Trinajstić information content (AvgIpc) is 2.38. The van der Waals surface area contributed by atoms with Gasteiger partial charge >= 0.3 is 6.03 Å². The first-order chi connectivity index (χ1) is 9.02. The predicted molar refractivity (Wildman–Crippen MR) is 67.5 cm³/mol. The van der Waals surface area contributed by atoms with E-state index in [0.29, 0.717) is 6.42 Å². The summed E-state index contributed by atoms with van der Waals surface area (Å²) >= 11 is 0. The summed E-state index contributed by atoms with van der Waals surface area (Å²) in [6, 6.07) is 2.52. The number of rotatable bonds is 6. The zero-order valence-electron chi connectivity index (χ0n) is 10.7. The number of benzene rings is 1. The van der Waals surface area contributed by atoms with Gasteiger partial charge in [0.1, 0.15) is 11.6 Å². The van der Waals surface area contributed by atoms with Crippen molar-refractivity contribution in [2.75, 3.05) is 6.54 Å². The number of hydrogen-bond acceptors (Lipinski definition) is 2. The van der Waals surface area contributed by atoms with Gasteiger partial charge in [0.2, 0.25) is 0 Å². The minimum absolute atomic E-state index is 0.0734. The van der Waals surface area contributed by atoms with E-state index >= 15 is 0 Å². The lowest BCUT2D eigenvalue weighted by molar-refractivity contribution is 0.160. The molecule has 0 radical (unpaired) electrons. The molecular formula is C13H18F2N2O2. The van der Waals surface area contributed by atoms with Gasteiger partial charge in [0.05, 0.1) is 6.10 Å². The van der Waals surface area contributed by atoms with E-state index in [1.54, 1.807) is 0 Å². The van der Waals surface area contributed by atoms with Crippen LogP contribution in [0.5, 0.6) is 0 Å². The third-order valence-electron chi connectivity index (χ3n) is 2.57. The van der Waals surface area contributed by atoms with Crippen molar-refractivity contribution in [2.24, 2.45) is 0 Å². The highest BCUT2D eigenvalue weighted by atomic mass is 19.1. The number of carbonyl (C=O) groups is 1. The van der Waals surface area contributed by atoms with Crippen molar-refractivity contribution < 1.29 is 18.7 Å². The number of aliphatic hydroxyl groups excluding tert-OH is 1. The van der Waals surface area contributed by atoms with E-state index in [2.05, 4.69) is 10.6 Å². The molecule has 106 valence electrons. The molecule has 0 aliphatic heterocycles. The molecule has 1 aromatic carbocycles. The molecule has 4 nitrogen and oxygen atoms in total. The Bertz CT molecular complexity index is 427. The number of amides is 2. The fraction of sp³-hybridized carbons (Fsp3) is 0.462. The van der Waals surface area contributed by atoms with Gasteiger partial charge in [-0.15, -0.1) is 0 Å². The Kier molecular flexibility index (Phi) is 6.21. The van der Waals surface area contributed by atoms with Crippen LogP contribution in [-0.4, -0.2) is 23.8 Å². The van der Waals surface area contributed by atoms with Crippen LogP contribution in [0.15, 0.2) is 18.2 Å². The van der Waals surface area contributed by atoms with Crippen LogP contribution in [0, 0.1) is 11.6 Å². The summed E-state index contributed by atoms with van der Waals surface area (Å²) in [5.41, 5.74) is 0.0734. The first-order valence-electron chi connectivity index (χ1n) is 6.16. The molecule has 0 saturated heterocycles. The van der Waals surface area contributed by atoms with E-state index in [0.717, 1.165) is 24.6 Å². The van der Waals surface area contributed by atoms with Gasteiger partial charge < -0.3 is 15.7 Å². The average molecular weight is 272 g/mol. The van der Waals surface area contributed by atoms with Crippen molar-refractivity contribution in [3.8, 4) is 0 Å². The molecule has 19 heavy (non-hydrogen) atoms. The third kappa shape index (κ3) is 5.65. The maximum atomic E-state index is 13.3. The van der Waals surface area contributed by atoms with Crippen molar-refractivity contribution in [1.82, 2.24) is 10.6 Å². The summed E-state index contributed by atoms with van der Waals surface area (Å²) in [7, 11) is 0. The Hall–Kier alpha value is -1.69. The number of nitrogens with one attached hydrogen (secondary N) is 2. The Labute approximate surface area is 110 Å². The second-order valence-corrected chi connectivity index (χ2v) is 4.24. The molecule has 0 aromatic heterocycles. The van der Waals surface area contributed by atoms with Crippen LogP contribution < -0.4 is 10.6 Å². The predicted octanol–water partition coefficient (Wildman–Crippen LogP) is 1.92. The summed E-state index contributed by atoms with van der Waals surface area (Å²) in [4.78, 5) is 11.4. The van der Waals surface area contributed by atoms with E-state index in [4.69, 9.17) is 0 Å². The molecule has 0 fully saturated rings. The molecule has 1 unspecified atom stereocenters. The maximum absolute atomic E-state index is 13.3. The maximum Gasteiger partial charge on any atom is 0.315 e. The van der Waals surface area contributed by atoms with E-state index in [9.17, 15) is 18.7 Å². The Morgan fingerprint density at radius 2 is 2.11 bits per heavy atom. The summed E-state index contributed by atoms with van der Waals surface area (Å²) in [6.45, 7) is 1.95. The van der Waals surface area contributed by atoms with Crippen LogP contribution >= 0.6 is 0 Å². The molecule has 1 aromatic rings. The molecule has 6 heteroatoms. The van der Waals surface area contributed by atoms with Crippen molar-refractivity contribution in [1.29, 1.82) is 0 Å². The third-order valence-corrected chi connectivity index (χ3v) is 2.57. The van der Waals surface area contributed by atoms with Crippen LogP contribution in [-0.2, 0) is 6.54 Å². The number of urea groups is 1. The van der Waals surface area contributed by atoms with Gasteiger partial charge in [-0.1, -0.05) is 13.3 Å². The second kappa shape index (κ2) is 7.68. The minimum Gasteiger partial charge on any atom is -0.391 e. The molecule has 0 spiro atoms. The molecule has 0 aliphatic carbocycles. The van der Waals surface area contributed by atoms with Gasteiger partial charge in [0.15, 0.2) is 0 Å². The molecule has 1 atom stereocenters. The normalized spacial score (nSPS) is 12.0. The Morgan fingerprint density at radius 3 is 2.79 bits per heavy atom. The summed E-state index contributed by atoms with van der Waals surface area (Å²) in [5.74, 6) is -1.13. The summed E-state index contributed by atoms with van der Waals surface area (Å²) < 4.78 is 26.1. The van der Waals surface area contributed by atoms with Crippen molar-refractivity contribution in [3.05, 3.63) is 35.4 Å². The van der Waals surface area contributed by atoms with Crippen LogP contribution in [0.2, 0.25) is 0 Å². The molecule has 3 N–H and O–H groups in total. The van der Waals surface area contributed by atoms with E-state index in [1.807, 2.05) is 6.92 Å². The SMILES string of the molecule is CCCC(O)CNC(=O)NCc1cc(F)ccc1F. The fourth-order valence-electron chi connectivity index (χ4n) is 1.56. The monoisotopic (exact) mass is 272 g/mol. The Balaban J connectivity index is 2.35. The zero-order valence-corrected chi connectivity index (χ0v) is 10.7. The van der Waals surface area contributed by atoms with E-state index < -0.39 is 23.8 Å². The topological polar surface area (TPSA) is 61.4 Å². The highest BCUT2D eigenvalue weighted by molar-refractivity contribution is 5.73. The first-order valence-corrected chi connectivity index (χ1v) is 6.16. The fourth-order valence-corrected chi connectivity index (χ4v) is 1.56. The molecular weight excluding hydrogens is 254 g/mol. The van der Waals surface area contributed by atoms with E-state index in [1.165, 1.54) is 0 Å². The van der Waals surface area contributed by atoms with Gasteiger partial charge in [-0.05, 0) is 24.6 Å². The van der Waals surface area contributed by atoms with Crippen molar-refractivity contribution in [2.45, 2.75) is 32.4 Å². The van der Waals surface area contributed by atoms with Gasteiger partial charge in [-0.3, -0.25) is 0 Å². The second-order valence-electron chi connectivity index (χ2n) is 4.24. The summed E-state index contributed by atoms with van der Waals surface area (Å²) in [6.07, 6.45) is 0.819. The van der Waals surface area contributed by atoms with Crippen LogP contribution in [0.3, 0.4) is 0 Å². The van der Waals surface area contributed by atoms with Gasteiger partial charge in [0, 0.05) is 18.7 Å². The zero-order chi connectivity index (χ0) is 14.3. The van der Waals surface area contributed by atoms with Crippen molar-refractivity contribution in [3.63, 3.8) is 0 Å². The van der Waals surface area contributed by atoms with Crippen LogP contribution in [0.25, 0.3) is 0 Å². The molecule has 0 bridgehead atoms. The highest BCUT2D eigenvalue weighted by Gasteiger charge is 2.08. The standard InChI is InChI=1S/C13H18F2N2O2/c1-2-3-11(18)8-17-13(19)16-7-9-6-10(14)4-5-12(9)15/h4-6,11,18H,2-3,7-8H2,1H3,(H2,16,17,19). The van der Waals surface area contributed by atoms with E-state index in [-0.39, 0.29) is 18.7 Å². The lowest BCUT2D eigenvalue weighted by Gasteiger charge is -2.12. The molecule has 1 rings (SSSR count). The molecule has 2 amide bonds. The Morgan fingerprint density at radius 1 is 1.37 bits per heavy atom. The lowest BCUT2D eigenvalue weighted by atomic mass is 10.2. The van der Waals surface area contributed by atoms with Crippen molar-refractivity contribution >= 4 is 6.03 Å². The number of hydrogen-bond donors (Lipinski definition) is 3. The minimum atomic E-state index is -0.596. The lowest BCUT2D eigenvalue weighted by Crippen LogP contribution is -2.39. The van der Waals surface area contributed by atoms with Crippen LogP contribution in [0.4, 0.5) is 13.6 Å². The number of carbonyl (C=O) groups excluding carboxylic acids is 1. The smallest absolute Gasteiger partial charge is 0.315 e. The number of halogens is 2. The number of aliphatic hydroxyl groups is 1. The highest BCUT2D eigenvalue weighted by Crippen LogP contribution is 2.08. The molecule has 0 aliphatic rings. The van der Waals surface area contributed by atoms with Gasteiger partial charge in [0.25, 0.3) is 0 Å². The summed E-state index contributed by atoms with van der Waals surface area (Å²) in [5, 5.41) is 14.3.